The second-order valence-electron chi connectivity index (χ2n) is 4.82. The van der Waals surface area contributed by atoms with Gasteiger partial charge in [-0.1, -0.05) is 29.8 Å². The normalized spacial score (nSPS) is 10.3. The van der Waals surface area contributed by atoms with Crippen LogP contribution in [0.2, 0.25) is 5.02 Å². The van der Waals surface area contributed by atoms with Crippen LogP contribution in [0.3, 0.4) is 0 Å². The van der Waals surface area contributed by atoms with Crippen molar-refractivity contribution in [1.29, 1.82) is 0 Å². The number of methoxy groups -OCH3 is 1. The largest absolute Gasteiger partial charge is 0.465 e. The number of thioether (sulfide) groups is 1. The molecule has 7 heteroatoms. The molecule has 0 fully saturated rings. The van der Waals surface area contributed by atoms with Crippen LogP contribution >= 0.6 is 23.4 Å². The summed E-state index contributed by atoms with van der Waals surface area (Å²) in [5.41, 5.74) is 1.16. The molecule has 0 bridgehead atoms. The summed E-state index contributed by atoms with van der Waals surface area (Å²) >= 11 is 7.30. The Labute approximate surface area is 148 Å². The molecular weight excluding hydrogens is 353 g/mol. The Morgan fingerprint density at radius 3 is 2.71 bits per heavy atom. The van der Waals surface area contributed by atoms with Crippen molar-refractivity contribution in [2.75, 3.05) is 18.2 Å². The zero-order chi connectivity index (χ0) is 17.5. The topological polar surface area (TPSA) is 55.4 Å². The van der Waals surface area contributed by atoms with E-state index in [1.807, 2.05) is 0 Å². The van der Waals surface area contributed by atoms with Crippen LogP contribution < -0.4 is 5.32 Å². The van der Waals surface area contributed by atoms with E-state index in [0.717, 1.165) is 0 Å². The van der Waals surface area contributed by atoms with E-state index in [1.54, 1.807) is 18.2 Å². The molecule has 2 aromatic rings. The highest BCUT2D eigenvalue weighted by Crippen LogP contribution is 2.24. The Hall–Kier alpha value is -2.05. The lowest BCUT2D eigenvalue weighted by Gasteiger charge is -2.09. The van der Waals surface area contributed by atoms with Crippen LogP contribution in [-0.2, 0) is 15.3 Å². The highest BCUT2D eigenvalue weighted by molar-refractivity contribution is 7.99. The maximum atomic E-state index is 13.5. The average Bonchev–Trinajstić information content (AvgIpc) is 2.58. The molecule has 4 nitrogen and oxygen atoms in total. The SMILES string of the molecule is COC(=O)c1ccc(Cl)c(NC(=O)CSCc2ccccc2F)c1. The summed E-state index contributed by atoms with van der Waals surface area (Å²) in [6.45, 7) is 0. The summed E-state index contributed by atoms with van der Waals surface area (Å²) < 4.78 is 18.1. The summed E-state index contributed by atoms with van der Waals surface area (Å²) in [5, 5.41) is 2.95. The second-order valence-corrected chi connectivity index (χ2v) is 6.21. The minimum Gasteiger partial charge on any atom is -0.465 e. The number of hydrogen-bond acceptors (Lipinski definition) is 4. The van der Waals surface area contributed by atoms with E-state index in [2.05, 4.69) is 10.1 Å². The number of ether oxygens (including phenoxy) is 1. The molecule has 0 spiro atoms. The number of carbonyl (C=O) groups is 2. The fourth-order valence-corrected chi connectivity index (χ4v) is 2.90. The molecule has 0 aliphatic carbocycles. The van der Waals surface area contributed by atoms with E-state index in [9.17, 15) is 14.0 Å². The van der Waals surface area contributed by atoms with Crippen molar-refractivity contribution in [1.82, 2.24) is 0 Å². The number of amides is 1. The Bertz CT molecular complexity index is 754. The number of carbonyl (C=O) groups excluding carboxylic acids is 2. The molecule has 0 radical (unpaired) electrons. The molecular formula is C17H15ClFNO3S. The maximum Gasteiger partial charge on any atom is 0.337 e. The van der Waals surface area contributed by atoms with Gasteiger partial charge in [0, 0.05) is 5.75 Å². The number of benzene rings is 2. The minimum atomic E-state index is -0.518. The lowest BCUT2D eigenvalue weighted by atomic mass is 10.2. The Balaban J connectivity index is 1.92. The van der Waals surface area contributed by atoms with Crippen LogP contribution in [0.25, 0.3) is 0 Å². The number of rotatable bonds is 6. The van der Waals surface area contributed by atoms with Gasteiger partial charge in [-0.2, -0.15) is 0 Å². The quantitative estimate of drug-likeness (QED) is 0.780. The van der Waals surface area contributed by atoms with Crippen molar-refractivity contribution in [2.24, 2.45) is 0 Å². The number of anilines is 1. The molecule has 0 aromatic heterocycles. The fraction of sp³-hybridized carbons (Fsp3) is 0.176. The van der Waals surface area contributed by atoms with E-state index in [0.29, 0.717) is 22.0 Å². The number of nitrogens with one attached hydrogen (secondary N) is 1. The van der Waals surface area contributed by atoms with E-state index >= 15 is 0 Å². The third-order valence-electron chi connectivity index (χ3n) is 3.11. The molecule has 0 saturated heterocycles. The molecule has 24 heavy (non-hydrogen) atoms. The van der Waals surface area contributed by atoms with E-state index in [4.69, 9.17) is 11.6 Å². The van der Waals surface area contributed by atoms with Gasteiger partial charge in [-0.3, -0.25) is 4.79 Å². The van der Waals surface area contributed by atoms with Crippen molar-refractivity contribution in [2.45, 2.75) is 5.75 Å². The van der Waals surface area contributed by atoms with Crippen LogP contribution in [0.15, 0.2) is 42.5 Å². The molecule has 0 saturated carbocycles. The molecule has 0 aliphatic heterocycles. The van der Waals surface area contributed by atoms with Crippen LogP contribution in [0, 0.1) is 5.82 Å². The monoisotopic (exact) mass is 367 g/mol. The van der Waals surface area contributed by atoms with E-state index < -0.39 is 5.97 Å². The van der Waals surface area contributed by atoms with Gasteiger partial charge in [0.1, 0.15) is 5.82 Å². The first-order valence-electron chi connectivity index (χ1n) is 7.00. The van der Waals surface area contributed by atoms with Gasteiger partial charge in [0.25, 0.3) is 0 Å². The van der Waals surface area contributed by atoms with E-state index in [1.165, 1.54) is 43.1 Å². The van der Waals surface area contributed by atoms with Crippen molar-refractivity contribution in [3.63, 3.8) is 0 Å². The van der Waals surface area contributed by atoms with Gasteiger partial charge in [0.15, 0.2) is 0 Å². The number of esters is 1. The molecule has 0 aliphatic rings. The summed E-state index contributed by atoms with van der Waals surface area (Å²) in [7, 11) is 1.27. The van der Waals surface area contributed by atoms with E-state index in [-0.39, 0.29) is 23.0 Å². The third-order valence-corrected chi connectivity index (χ3v) is 4.42. The smallest absolute Gasteiger partial charge is 0.337 e. The fourth-order valence-electron chi connectivity index (χ4n) is 1.92. The summed E-state index contributed by atoms with van der Waals surface area (Å²) in [6, 6.07) is 10.9. The van der Waals surface area contributed by atoms with Crippen LogP contribution in [0.1, 0.15) is 15.9 Å². The number of halogens is 2. The van der Waals surface area contributed by atoms with Gasteiger partial charge in [-0.25, -0.2) is 9.18 Å². The van der Waals surface area contributed by atoms with Gasteiger partial charge in [0.2, 0.25) is 5.91 Å². The molecule has 1 N–H and O–H groups in total. The summed E-state index contributed by atoms with van der Waals surface area (Å²) in [4.78, 5) is 23.5. The van der Waals surface area contributed by atoms with Gasteiger partial charge >= 0.3 is 5.97 Å². The van der Waals surface area contributed by atoms with Gasteiger partial charge in [-0.15, -0.1) is 11.8 Å². The standard InChI is InChI=1S/C17H15ClFNO3S/c1-23-17(22)11-6-7-13(18)15(8-11)20-16(21)10-24-9-12-4-2-3-5-14(12)19/h2-8H,9-10H2,1H3,(H,20,21). The van der Waals surface area contributed by atoms with Crippen LogP contribution in [0.5, 0.6) is 0 Å². The Kier molecular flexibility index (Phi) is 6.63. The lowest BCUT2D eigenvalue weighted by molar-refractivity contribution is -0.113. The predicted molar refractivity (Wildman–Crippen MR) is 94.0 cm³/mol. The minimum absolute atomic E-state index is 0.132. The van der Waals surface area contributed by atoms with Crippen molar-refractivity contribution < 1.29 is 18.7 Å². The van der Waals surface area contributed by atoms with Gasteiger partial charge < -0.3 is 10.1 Å². The highest BCUT2D eigenvalue weighted by atomic mass is 35.5. The molecule has 1 amide bonds. The molecule has 2 aromatic carbocycles. The Morgan fingerprint density at radius 1 is 1.25 bits per heavy atom. The first-order valence-corrected chi connectivity index (χ1v) is 8.53. The zero-order valence-corrected chi connectivity index (χ0v) is 14.4. The van der Waals surface area contributed by atoms with Gasteiger partial charge in [-0.05, 0) is 29.8 Å². The molecule has 126 valence electrons. The summed E-state index contributed by atoms with van der Waals surface area (Å²) in [6.07, 6.45) is 0. The zero-order valence-electron chi connectivity index (χ0n) is 12.8. The first-order chi connectivity index (χ1) is 11.5. The molecule has 0 unspecified atom stereocenters. The first kappa shape index (κ1) is 18.3. The molecule has 0 heterocycles. The second kappa shape index (κ2) is 8.70. The van der Waals surface area contributed by atoms with Crippen molar-refractivity contribution >= 4 is 40.9 Å². The van der Waals surface area contributed by atoms with Gasteiger partial charge in [0.05, 0.1) is 29.1 Å². The predicted octanol–water partition coefficient (Wildman–Crippen LogP) is 4.14. The summed E-state index contributed by atoms with van der Waals surface area (Å²) in [5.74, 6) is -0.584. The van der Waals surface area contributed by atoms with Crippen LogP contribution in [-0.4, -0.2) is 24.7 Å². The number of hydrogen-bond donors (Lipinski definition) is 1. The lowest BCUT2D eigenvalue weighted by Crippen LogP contribution is -2.15. The molecule has 0 atom stereocenters. The highest BCUT2D eigenvalue weighted by Gasteiger charge is 2.11. The van der Waals surface area contributed by atoms with Crippen molar-refractivity contribution in [3.05, 3.63) is 64.4 Å². The Morgan fingerprint density at radius 2 is 2.00 bits per heavy atom. The molecule has 2 rings (SSSR count). The van der Waals surface area contributed by atoms with Crippen molar-refractivity contribution in [3.8, 4) is 0 Å². The third kappa shape index (κ3) is 4.97. The average molecular weight is 368 g/mol. The van der Waals surface area contributed by atoms with Crippen LogP contribution in [0.4, 0.5) is 10.1 Å². The maximum absolute atomic E-state index is 13.5.